The summed E-state index contributed by atoms with van der Waals surface area (Å²) in [5.74, 6) is -3.38. The molecule has 1 aliphatic heterocycles. The van der Waals surface area contributed by atoms with Gasteiger partial charge in [0.05, 0.1) is 30.5 Å². The predicted molar refractivity (Wildman–Crippen MR) is 154 cm³/mol. The van der Waals surface area contributed by atoms with Gasteiger partial charge >= 0.3 is 0 Å². The Hall–Kier alpha value is -4.18. The van der Waals surface area contributed by atoms with Gasteiger partial charge in [-0.05, 0) is 76.5 Å². The van der Waals surface area contributed by atoms with Crippen molar-refractivity contribution < 1.29 is 38.9 Å². The van der Waals surface area contributed by atoms with Gasteiger partial charge in [-0.15, -0.1) is 0 Å². The molecule has 6 rings (SSSR count). The molecule has 10 heteroatoms. The van der Waals surface area contributed by atoms with E-state index in [2.05, 4.69) is 15.9 Å². The number of hydrogen-bond acceptors (Lipinski definition) is 8. The number of phenolic OH excluding ortho intramolecular Hbond substituents is 2. The molecule has 1 heterocycles. The van der Waals surface area contributed by atoms with Crippen molar-refractivity contribution in [3.05, 3.63) is 80.9 Å². The quantitative estimate of drug-likeness (QED) is 0.276. The number of allylic oxidation sites excluding steroid dienone is 6. The van der Waals surface area contributed by atoms with E-state index in [0.29, 0.717) is 29.6 Å². The van der Waals surface area contributed by atoms with Gasteiger partial charge in [-0.3, -0.25) is 24.1 Å². The Bertz CT molecular complexity index is 1610. The predicted octanol–water partition coefficient (Wildman–Crippen LogP) is 4.12. The molecule has 42 heavy (non-hydrogen) atoms. The largest absolute Gasteiger partial charge is 0.508 e. The first-order valence-electron chi connectivity index (χ1n) is 13.6. The molecule has 2 amide bonds. The Morgan fingerprint density at radius 1 is 0.952 bits per heavy atom. The summed E-state index contributed by atoms with van der Waals surface area (Å²) in [7, 11) is 2.81. The fourth-order valence-corrected chi connectivity index (χ4v) is 7.30. The number of ether oxygens (including phenoxy) is 2. The molecular formula is C32H28BrNO8. The molecule has 0 aromatic heterocycles. The zero-order valence-corrected chi connectivity index (χ0v) is 24.5. The number of methoxy groups -OCH3 is 2. The third kappa shape index (κ3) is 4.36. The molecule has 9 nitrogen and oxygen atoms in total. The van der Waals surface area contributed by atoms with E-state index in [9.17, 15) is 29.4 Å². The maximum Gasteiger partial charge on any atom is 0.233 e. The van der Waals surface area contributed by atoms with Gasteiger partial charge in [0.15, 0.2) is 23.1 Å². The third-order valence-electron chi connectivity index (χ3n) is 8.82. The van der Waals surface area contributed by atoms with Crippen molar-refractivity contribution in [2.24, 2.45) is 17.8 Å². The number of ketones is 2. The highest BCUT2D eigenvalue weighted by molar-refractivity contribution is 9.12. The number of carbonyl (C=O) groups is 4. The Labute approximate surface area is 250 Å². The molecule has 216 valence electrons. The van der Waals surface area contributed by atoms with Gasteiger partial charge in [-0.2, -0.15) is 0 Å². The van der Waals surface area contributed by atoms with Crippen molar-refractivity contribution in [2.75, 3.05) is 20.8 Å². The van der Waals surface area contributed by atoms with Crippen LogP contribution in [-0.4, -0.2) is 59.3 Å². The van der Waals surface area contributed by atoms with Gasteiger partial charge in [-0.1, -0.05) is 23.8 Å². The standard InChI is InChI=1S/C32H28BrNO8/c1-41-24-11-16(12-25(42-2)30(24)38)26-18-7-8-19-27(20(18)13-21-28(26)23(36)14-22(33)29(21)37)32(40)34(31(19)39)10-9-15-3-5-17(35)6-4-15/h3-7,11-12,14,19-20,26-27,35,38H,8-10,13H2,1-2H3. The number of Topliss-reactive ketones (excluding diaryl/α,β-unsaturated/α-hetero) is 1. The highest BCUT2D eigenvalue weighted by Crippen LogP contribution is 2.56. The minimum absolute atomic E-state index is 0.137. The normalized spacial score (nSPS) is 25.1. The molecule has 2 N–H and O–H groups in total. The number of fused-ring (bicyclic) bond motifs is 3. The summed E-state index contributed by atoms with van der Waals surface area (Å²) >= 11 is 3.23. The van der Waals surface area contributed by atoms with E-state index in [-0.39, 0.29) is 63.8 Å². The first-order chi connectivity index (χ1) is 20.1. The maximum absolute atomic E-state index is 13.9. The van der Waals surface area contributed by atoms with Gasteiger partial charge in [0, 0.05) is 29.7 Å². The lowest BCUT2D eigenvalue weighted by Crippen LogP contribution is -2.39. The number of halogens is 1. The van der Waals surface area contributed by atoms with Gasteiger partial charge in [0.25, 0.3) is 0 Å². The second kappa shape index (κ2) is 10.6. The first kappa shape index (κ1) is 28.0. The average molecular weight is 634 g/mol. The number of likely N-dealkylation sites (tertiary alicyclic amines) is 1. The number of aromatic hydroxyl groups is 2. The van der Waals surface area contributed by atoms with Crippen LogP contribution in [0.2, 0.25) is 0 Å². The number of phenols is 2. The number of benzene rings is 2. The summed E-state index contributed by atoms with van der Waals surface area (Å²) in [6, 6.07) is 9.86. The summed E-state index contributed by atoms with van der Waals surface area (Å²) in [6.07, 6.45) is 4.13. The number of amides is 2. The second-order valence-corrected chi connectivity index (χ2v) is 11.8. The highest BCUT2D eigenvalue weighted by atomic mass is 79.9. The summed E-state index contributed by atoms with van der Waals surface area (Å²) in [5.41, 5.74) is 2.87. The summed E-state index contributed by atoms with van der Waals surface area (Å²) in [5, 5.41) is 20.1. The van der Waals surface area contributed by atoms with Crippen LogP contribution in [-0.2, 0) is 25.6 Å². The van der Waals surface area contributed by atoms with E-state index in [0.717, 1.165) is 11.1 Å². The van der Waals surface area contributed by atoms with Crippen molar-refractivity contribution in [1.82, 2.24) is 4.90 Å². The highest BCUT2D eigenvalue weighted by Gasteiger charge is 2.56. The maximum atomic E-state index is 13.9. The second-order valence-electron chi connectivity index (χ2n) is 10.9. The average Bonchev–Trinajstić information content (AvgIpc) is 3.23. The SMILES string of the molecule is COc1cc(C2C3=CCC4C(=O)N(CCc5ccc(O)cc5)C(=O)C4C3CC3=C2C(=O)C=C(Br)C3=O)cc(OC)c1O. The fourth-order valence-electron chi connectivity index (χ4n) is 6.86. The van der Waals surface area contributed by atoms with Crippen LogP contribution in [0, 0.1) is 17.8 Å². The molecule has 4 unspecified atom stereocenters. The van der Waals surface area contributed by atoms with Crippen molar-refractivity contribution >= 4 is 39.3 Å². The molecule has 2 aromatic carbocycles. The molecule has 4 atom stereocenters. The van der Waals surface area contributed by atoms with Crippen LogP contribution in [0.25, 0.3) is 0 Å². The van der Waals surface area contributed by atoms with Crippen molar-refractivity contribution in [3.63, 3.8) is 0 Å². The van der Waals surface area contributed by atoms with Crippen LogP contribution < -0.4 is 9.47 Å². The van der Waals surface area contributed by atoms with Crippen LogP contribution in [0.3, 0.4) is 0 Å². The lowest BCUT2D eigenvalue weighted by Gasteiger charge is -2.42. The third-order valence-corrected chi connectivity index (χ3v) is 9.41. The van der Waals surface area contributed by atoms with E-state index >= 15 is 0 Å². The Kier molecular flexibility index (Phi) is 7.04. The minimum Gasteiger partial charge on any atom is -0.508 e. The van der Waals surface area contributed by atoms with E-state index in [1.54, 1.807) is 36.4 Å². The Morgan fingerprint density at radius 2 is 1.62 bits per heavy atom. The number of imide groups is 1. The van der Waals surface area contributed by atoms with Crippen LogP contribution in [0.1, 0.15) is 29.9 Å². The lowest BCUT2D eigenvalue weighted by atomic mass is 9.59. The molecule has 3 aliphatic carbocycles. The van der Waals surface area contributed by atoms with Gasteiger partial charge in [-0.25, -0.2) is 0 Å². The van der Waals surface area contributed by atoms with Crippen LogP contribution in [0.5, 0.6) is 23.0 Å². The lowest BCUT2D eigenvalue weighted by molar-refractivity contribution is -0.140. The summed E-state index contributed by atoms with van der Waals surface area (Å²) < 4.78 is 10.9. The first-order valence-corrected chi connectivity index (χ1v) is 14.4. The van der Waals surface area contributed by atoms with Crippen molar-refractivity contribution in [3.8, 4) is 23.0 Å². The topological polar surface area (TPSA) is 130 Å². The van der Waals surface area contributed by atoms with E-state index in [1.165, 1.54) is 25.2 Å². The van der Waals surface area contributed by atoms with Gasteiger partial charge in [0.2, 0.25) is 17.6 Å². The zero-order valence-electron chi connectivity index (χ0n) is 22.9. The number of nitrogens with zero attached hydrogens (tertiary/aromatic N) is 1. The minimum atomic E-state index is -0.703. The molecule has 0 spiro atoms. The molecule has 4 aliphatic rings. The van der Waals surface area contributed by atoms with Crippen LogP contribution in [0.4, 0.5) is 0 Å². The Morgan fingerprint density at radius 3 is 2.26 bits per heavy atom. The molecule has 1 fully saturated rings. The number of carbonyl (C=O) groups excluding carboxylic acids is 4. The molecule has 0 saturated carbocycles. The van der Waals surface area contributed by atoms with Crippen LogP contribution >= 0.6 is 15.9 Å². The molecule has 0 radical (unpaired) electrons. The fraction of sp³-hybridized carbons (Fsp3) is 0.312. The molecule has 0 bridgehead atoms. The Balaban J connectivity index is 1.41. The number of rotatable bonds is 6. The smallest absolute Gasteiger partial charge is 0.233 e. The van der Waals surface area contributed by atoms with Gasteiger partial charge < -0.3 is 19.7 Å². The van der Waals surface area contributed by atoms with E-state index < -0.39 is 23.7 Å². The molecule has 1 saturated heterocycles. The zero-order chi connectivity index (χ0) is 29.9. The van der Waals surface area contributed by atoms with E-state index in [1.807, 2.05) is 6.08 Å². The van der Waals surface area contributed by atoms with Crippen LogP contribution in [0.15, 0.2) is 69.8 Å². The summed E-state index contributed by atoms with van der Waals surface area (Å²) in [4.78, 5) is 55.6. The molecular weight excluding hydrogens is 606 g/mol. The number of hydrogen-bond donors (Lipinski definition) is 2. The van der Waals surface area contributed by atoms with Gasteiger partial charge in [0.1, 0.15) is 5.75 Å². The summed E-state index contributed by atoms with van der Waals surface area (Å²) in [6.45, 7) is 0.201. The monoisotopic (exact) mass is 633 g/mol. The van der Waals surface area contributed by atoms with E-state index in [4.69, 9.17) is 9.47 Å². The van der Waals surface area contributed by atoms with Crippen molar-refractivity contribution in [1.29, 1.82) is 0 Å². The van der Waals surface area contributed by atoms with Crippen molar-refractivity contribution in [2.45, 2.75) is 25.2 Å². The molecule has 2 aromatic rings.